The van der Waals surface area contributed by atoms with Gasteiger partial charge in [0.2, 0.25) is 0 Å². The molecule has 0 fully saturated rings. The maximum atomic E-state index is 11.7. The zero-order valence-corrected chi connectivity index (χ0v) is 20.3. The number of carbonyl (C=O) groups excluding carboxylic acids is 2. The molecule has 37 heavy (non-hydrogen) atoms. The minimum absolute atomic E-state index is 0.189. The Bertz CT molecular complexity index is 1390. The van der Waals surface area contributed by atoms with Crippen molar-refractivity contribution in [3.63, 3.8) is 0 Å². The summed E-state index contributed by atoms with van der Waals surface area (Å²) in [4.78, 5) is 23.4. The molecule has 0 radical (unpaired) electrons. The molecule has 0 aliphatic heterocycles. The van der Waals surface area contributed by atoms with Crippen molar-refractivity contribution >= 4 is 11.9 Å². The van der Waals surface area contributed by atoms with Crippen molar-refractivity contribution in [3.8, 4) is 11.5 Å². The van der Waals surface area contributed by atoms with E-state index in [4.69, 9.17) is 9.47 Å². The van der Waals surface area contributed by atoms with Crippen LogP contribution in [0.5, 0.6) is 11.5 Å². The van der Waals surface area contributed by atoms with Crippen LogP contribution >= 0.6 is 0 Å². The average Bonchev–Trinajstić information content (AvgIpc) is 3.30. The van der Waals surface area contributed by atoms with E-state index in [-0.39, 0.29) is 5.92 Å². The number of fused-ring (bicyclic) bond motifs is 1. The van der Waals surface area contributed by atoms with Crippen molar-refractivity contribution in [3.05, 3.63) is 156 Å². The summed E-state index contributed by atoms with van der Waals surface area (Å²) >= 11 is 0. The third-order valence-corrected chi connectivity index (χ3v) is 6.97. The number of benzene rings is 4. The molecule has 0 amide bonds. The Kier molecular flexibility index (Phi) is 6.57. The molecule has 4 nitrogen and oxygen atoms in total. The Hall–Kier alpha value is -4.70. The second kappa shape index (κ2) is 10.1. The molecule has 182 valence electrons. The van der Waals surface area contributed by atoms with Gasteiger partial charge in [0.15, 0.2) is 0 Å². The number of hydrogen-bond donors (Lipinski definition) is 0. The first-order chi connectivity index (χ1) is 18.0. The van der Waals surface area contributed by atoms with Crippen LogP contribution in [0.1, 0.15) is 40.2 Å². The summed E-state index contributed by atoms with van der Waals surface area (Å²) in [5.41, 5.74) is 5.43. The predicted molar refractivity (Wildman–Crippen MR) is 144 cm³/mol. The van der Waals surface area contributed by atoms with Crippen LogP contribution in [0.4, 0.5) is 0 Å². The Balaban J connectivity index is 1.66. The normalized spacial score (nSPS) is 15.3. The molecule has 0 saturated carbocycles. The Morgan fingerprint density at radius 1 is 0.676 bits per heavy atom. The number of ether oxygens (including phenoxy) is 2. The lowest BCUT2D eigenvalue weighted by atomic mass is 9.69. The quantitative estimate of drug-likeness (QED) is 0.165. The molecule has 0 N–H and O–H groups in total. The van der Waals surface area contributed by atoms with Crippen LogP contribution in [-0.2, 0) is 15.0 Å². The second-order valence-electron chi connectivity index (χ2n) is 8.96. The van der Waals surface area contributed by atoms with Crippen molar-refractivity contribution in [2.45, 2.75) is 17.8 Å². The van der Waals surface area contributed by atoms with Gasteiger partial charge in [-0.1, -0.05) is 92.0 Å². The van der Waals surface area contributed by atoms with Gasteiger partial charge in [-0.2, -0.15) is 0 Å². The maximum absolute atomic E-state index is 11.7. The molecule has 4 heteroatoms. The van der Waals surface area contributed by atoms with E-state index < -0.39 is 17.4 Å². The third-order valence-electron chi connectivity index (χ3n) is 6.97. The zero-order valence-electron chi connectivity index (χ0n) is 20.3. The molecule has 4 aromatic rings. The number of hydrogen-bond acceptors (Lipinski definition) is 4. The Morgan fingerprint density at radius 2 is 1.16 bits per heavy atom. The molecule has 1 unspecified atom stereocenters. The Morgan fingerprint density at radius 3 is 1.68 bits per heavy atom. The fraction of sp³-hybridized carbons (Fsp3) is 0.0909. The van der Waals surface area contributed by atoms with E-state index in [9.17, 15) is 9.59 Å². The second-order valence-corrected chi connectivity index (χ2v) is 8.96. The Labute approximate surface area is 216 Å². The standard InChI is InChI=1S/C33H26O4/c1-3-31(34)36-26-18-14-24(15-19-26)33(25-16-20-27(21-17-25)37-32(35)4-2)22-29(23-10-6-5-7-11-23)28-12-8-9-13-30(28)33/h3-21,29H,1-2,22H2. The zero-order chi connectivity index (χ0) is 25.8. The van der Waals surface area contributed by atoms with E-state index in [0.29, 0.717) is 11.5 Å². The molecule has 1 aliphatic carbocycles. The third kappa shape index (κ3) is 4.50. The van der Waals surface area contributed by atoms with Crippen LogP contribution in [0.15, 0.2) is 128 Å². The molecule has 0 aromatic heterocycles. The SMILES string of the molecule is C=CC(=O)Oc1ccc(C2(c3ccc(OC(=O)C=C)cc3)CC(c3ccccc3)c3ccccc32)cc1. The highest BCUT2D eigenvalue weighted by Gasteiger charge is 2.46. The number of rotatable bonds is 7. The van der Waals surface area contributed by atoms with E-state index in [0.717, 1.165) is 29.7 Å². The van der Waals surface area contributed by atoms with Gasteiger partial charge in [0.1, 0.15) is 11.5 Å². The van der Waals surface area contributed by atoms with Gasteiger partial charge in [0.25, 0.3) is 0 Å². The fourth-order valence-electron chi connectivity index (χ4n) is 5.34. The molecule has 0 saturated heterocycles. The largest absolute Gasteiger partial charge is 0.423 e. The molecule has 5 rings (SSSR count). The smallest absolute Gasteiger partial charge is 0.335 e. The van der Waals surface area contributed by atoms with E-state index in [2.05, 4.69) is 61.7 Å². The summed E-state index contributed by atoms with van der Waals surface area (Å²) in [5.74, 6) is 0.113. The van der Waals surface area contributed by atoms with Crippen LogP contribution in [-0.4, -0.2) is 11.9 Å². The van der Waals surface area contributed by atoms with Gasteiger partial charge in [-0.3, -0.25) is 0 Å². The predicted octanol–water partition coefficient (Wildman–Crippen LogP) is 6.74. The summed E-state index contributed by atoms with van der Waals surface area (Å²) in [6, 6.07) is 34.4. The lowest BCUT2D eigenvalue weighted by Gasteiger charge is -2.33. The van der Waals surface area contributed by atoms with E-state index >= 15 is 0 Å². The maximum Gasteiger partial charge on any atom is 0.335 e. The lowest BCUT2D eigenvalue weighted by molar-refractivity contribution is -0.129. The highest BCUT2D eigenvalue weighted by molar-refractivity contribution is 5.83. The summed E-state index contributed by atoms with van der Waals surface area (Å²) in [6.07, 6.45) is 3.11. The number of carbonyl (C=O) groups is 2. The summed E-state index contributed by atoms with van der Waals surface area (Å²) in [6.45, 7) is 6.94. The van der Waals surface area contributed by atoms with Crippen molar-refractivity contribution < 1.29 is 19.1 Å². The minimum Gasteiger partial charge on any atom is -0.423 e. The van der Waals surface area contributed by atoms with Crippen molar-refractivity contribution in [1.82, 2.24) is 0 Å². The van der Waals surface area contributed by atoms with E-state index in [1.807, 2.05) is 54.6 Å². The first-order valence-electron chi connectivity index (χ1n) is 12.1. The molecule has 4 aromatic carbocycles. The van der Waals surface area contributed by atoms with Gasteiger partial charge in [0.05, 0.1) is 0 Å². The summed E-state index contributed by atoms with van der Waals surface area (Å²) in [5, 5.41) is 0. The molecule has 1 aliphatic rings. The van der Waals surface area contributed by atoms with Crippen LogP contribution in [0.25, 0.3) is 0 Å². The van der Waals surface area contributed by atoms with E-state index in [1.54, 1.807) is 0 Å². The molecule has 0 bridgehead atoms. The molecule has 1 atom stereocenters. The minimum atomic E-state index is -0.498. The molecule has 0 spiro atoms. The van der Waals surface area contributed by atoms with Gasteiger partial charge in [-0.25, -0.2) is 9.59 Å². The fourth-order valence-corrected chi connectivity index (χ4v) is 5.34. The van der Waals surface area contributed by atoms with Crippen molar-refractivity contribution in [1.29, 1.82) is 0 Å². The molecule has 0 heterocycles. The topological polar surface area (TPSA) is 52.6 Å². The van der Waals surface area contributed by atoms with Crippen LogP contribution in [0.2, 0.25) is 0 Å². The van der Waals surface area contributed by atoms with Crippen LogP contribution in [0.3, 0.4) is 0 Å². The average molecular weight is 487 g/mol. The monoisotopic (exact) mass is 486 g/mol. The first-order valence-corrected chi connectivity index (χ1v) is 12.1. The first kappa shape index (κ1) is 24.0. The molecular weight excluding hydrogens is 460 g/mol. The van der Waals surface area contributed by atoms with E-state index in [1.165, 1.54) is 16.7 Å². The lowest BCUT2D eigenvalue weighted by Crippen LogP contribution is -2.27. The highest BCUT2D eigenvalue weighted by Crippen LogP contribution is 2.55. The summed E-state index contributed by atoms with van der Waals surface area (Å²) in [7, 11) is 0. The molecular formula is C33H26O4. The van der Waals surface area contributed by atoms with Crippen LogP contribution in [0, 0.1) is 0 Å². The van der Waals surface area contributed by atoms with Crippen molar-refractivity contribution in [2.24, 2.45) is 0 Å². The highest BCUT2D eigenvalue weighted by atomic mass is 16.5. The number of esters is 2. The van der Waals surface area contributed by atoms with Gasteiger partial charge >= 0.3 is 11.9 Å². The summed E-state index contributed by atoms with van der Waals surface area (Å²) < 4.78 is 10.7. The van der Waals surface area contributed by atoms with Gasteiger partial charge in [-0.05, 0) is 58.5 Å². The van der Waals surface area contributed by atoms with Gasteiger partial charge in [-0.15, -0.1) is 0 Å². The van der Waals surface area contributed by atoms with Crippen molar-refractivity contribution in [2.75, 3.05) is 0 Å². The van der Waals surface area contributed by atoms with Crippen LogP contribution < -0.4 is 9.47 Å². The van der Waals surface area contributed by atoms with Gasteiger partial charge in [0, 0.05) is 23.5 Å². The van der Waals surface area contributed by atoms with Gasteiger partial charge < -0.3 is 9.47 Å².